The molecule has 0 N–H and O–H groups in total. The summed E-state index contributed by atoms with van der Waals surface area (Å²) in [6.07, 6.45) is 1.81. The summed E-state index contributed by atoms with van der Waals surface area (Å²) in [4.78, 5) is 34.6. The average molecular weight is 319 g/mol. The van der Waals surface area contributed by atoms with E-state index >= 15 is 0 Å². The van der Waals surface area contributed by atoms with E-state index in [-0.39, 0.29) is 16.8 Å². The Morgan fingerprint density at radius 3 is 2.35 bits per heavy atom. The van der Waals surface area contributed by atoms with Gasteiger partial charge in [0, 0.05) is 11.1 Å². The first-order valence-electron chi connectivity index (χ1n) is 7.09. The fourth-order valence-electron chi connectivity index (χ4n) is 2.90. The average Bonchev–Trinajstić information content (AvgIpc) is 3.02. The van der Waals surface area contributed by atoms with Gasteiger partial charge in [0.15, 0.2) is 0 Å². The lowest BCUT2D eigenvalue weighted by molar-refractivity contribution is -0.385. The Kier molecular flexibility index (Phi) is 4.78. The number of esters is 2. The highest BCUT2D eigenvalue weighted by Crippen LogP contribution is 2.40. The molecule has 0 amide bonds. The highest BCUT2D eigenvalue weighted by molar-refractivity contribution is 6.01. The molecule has 0 saturated carbocycles. The van der Waals surface area contributed by atoms with Crippen LogP contribution in [0.25, 0.3) is 5.57 Å². The Balaban J connectivity index is 2.69. The maximum absolute atomic E-state index is 11.9. The maximum Gasteiger partial charge on any atom is 0.338 e. The van der Waals surface area contributed by atoms with Crippen LogP contribution in [0.1, 0.15) is 40.7 Å². The molecule has 0 atom stereocenters. The third kappa shape index (κ3) is 2.94. The summed E-state index contributed by atoms with van der Waals surface area (Å²) >= 11 is 0. The van der Waals surface area contributed by atoms with Gasteiger partial charge in [-0.3, -0.25) is 10.1 Å². The van der Waals surface area contributed by atoms with Gasteiger partial charge < -0.3 is 9.47 Å². The molecule has 0 radical (unpaired) electrons. The standard InChI is InChI=1S/C16H17NO6/c1-9-10(15(18)22-2)7-8-12(14(9)17(20)21)11-5-4-6-13(11)16(19)23-3/h7-8H,4-6H2,1-3H3. The zero-order valence-corrected chi connectivity index (χ0v) is 13.2. The highest BCUT2D eigenvalue weighted by Gasteiger charge is 2.30. The van der Waals surface area contributed by atoms with Crippen molar-refractivity contribution in [2.75, 3.05) is 14.2 Å². The number of nitro benzene ring substituents is 1. The van der Waals surface area contributed by atoms with E-state index in [1.807, 2.05) is 0 Å². The second kappa shape index (κ2) is 6.60. The van der Waals surface area contributed by atoms with Gasteiger partial charge in [-0.15, -0.1) is 0 Å². The summed E-state index contributed by atoms with van der Waals surface area (Å²) in [5.41, 5.74) is 1.62. The van der Waals surface area contributed by atoms with Crippen molar-refractivity contribution in [1.29, 1.82) is 0 Å². The lowest BCUT2D eigenvalue weighted by Gasteiger charge is -2.11. The number of carbonyl (C=O) groups is 2. The number of benzene rings is 1. The van der Waals surface area contributed by atoms with Crippen molar-refractivity contribution in [3.05, 3.63) is 44.5 Å². The Hall–Kier alpha value is -2.70. The molecule has 1 aromatic rings. The maximum atomic E-state index is 11.9. The zero-order chi connectivity index (χ0) is 17.1. The van der Waals surface area contributed by atoms with Crippen LogP contribution in [0.15, 0.2) is 17.7 Å². The SMILES string of the molecule is COC(=O)C1=C(c2ccc(C(=O)OC)c(C)c2[N+](=O)[O-])CCC1. The smallest absolute Gasteiger partial charge is 0.338 e. The minimum Gasteiger partial charge on any atom is -0.466 e. The van der Waals surface area contributed by atoms with Crippen LogP contribution in [-0.2, 0) is 14.3 Å². The van der Waals surface area contributed by atoms with E-state index in [9.17, 15) is 19.7 Å². The van der Waals surface area contributed by atoms with Gasteiger partial charge in [0.1, 0.15) is 0 Å². The Morgan fingerprint density at radius 2 is 1.78 bits per heavy atom. The molecular formula is C16H17NO6. The van der Waals surface area contributed by atoms with Crippen molar-refractivity contribution in [3.63, 3.8) is 0 Å². The lowest BCUT2D eigenvalue weighted by atomic mass is 9.94. The molecule has 1 aromatic carbocycles. The second-order valence-electron chi connectivity index (χ2n) is 5.19. The molecule has 2 rings (SSSR count). The number of nitro groups is 1. The van der Waals surface area contributed by atoms with Gasteiger partial charge in [0.25, 0.3) is 5.69 Å². The fourth-order valence-corrected chi connectivity index (χ4v) is 2.90. The molecule has 0 aromatic heterocycles. The Bertz CT molecular complexity index is 720. The van der Waals surface area contributed by atoms with Crippen LogP contribution >= 0.6 is 0 Å². The first-order valence-corrected chi connectivity index (χ1v) is 7.09. The predicted molar refractivity (Wildman–Crippen MR) is 82.0 cm³/mol. The van der Waals surface area contributed by atoms with Crippen LogP contribution < -0.4 is 0 Å². The molecule has 0 heterocycles. The molecule has 1 aliphatic rings. The molecule has 0 saturated heterocycles. The van der Waals surface area contributed by atoms with E-state index in [0.717, 1.165) is 6.42 Å². The minimum absolute atomic E-state index is 0.140. The first-order chi connectivity index (χ1) is 10.9. The molecule has 0 spiro atoms. The number of rotatable bonds is 4. The van der Waals surface area contributed by atoms with E-state index in [0.29, 0.717) is 29.6 Å². The molecule has 0 bridgehead atoms. The monoisotopic (exact) mass is 319 g/mol. The second-order valence-corrected chi connectivity index (χ2v) is 5.19. The van der Waals surface area contributed by atoms with Gasteiger partial charge in [0.2, 0.25) is 0 Å². The summed E-state index contributed by atoms with van der Waals surface area (Å²) in [6.45, 7) is 1.50. The van der Waals surface area contributed by atoms with E-state index in [1.54, 1.807) is 0 Å². The van der Waals surface area contributed by atoms with Crippen molar-refractivity contribution in [2.24, 2.45) is 0 Å². The van der Waals surface area contributed by atoms with Crippen molar-refractivity contribution in [2.45, 2.75) is 26.2 Å². The molecular weight excluding hydrogens is 302 g/mol. The third-order valence-electron chi connectivity index (χ3n) is 3.99. The van der Waals surface area contributed by atoms with E-state index < -0.39 is 16.9 Å². The Labute approximate surface area is 133 Å². The number of allylic oxidation sites excluding steroid dienone is 1. The van der Waals surface area contributed by atoms with Gasteiger partial charge in [0.05, 0.1) is 30.3 Å². The minimum atomic E-state index is -0.634. The first kappa shape index (κ1) is 16.7. The van der Waals surface area contributed by atoms with Crippen molar-refractivity contribution in [3.8, 4) is 0 Å². The number of nitrogens with zero attached hydrogens (tertiary/aromatic N) is 1. The quantitative estimate of drug-likeness (QED) is 0.481. The number of ether oxygens (including phenoxy) is 2. The summed E-state index contributed by atoms with van der Waals surface area (Å²) < 4.78 is 9.40. The number of hydrogen-bond acceptors (Lipinski definition) is 6. The molecule has 0 aliphatic heterocycles. The van der Waals surface area contributed by atoms with Crippen LogP contribution in [0.3, 0.4) is 0 Å². The highest BCUT2D eigenvalue weighted by atomic mass is 16.6. The van der Waals surface area contributed by atoms with Crippen molar-refractivity contribution in [1.82, 2.24) is 0 Å². The van der Waals surface area contributed by atoms with Crippen molar-refractivity contribution < 1.29 is 24.0 Å². The van der Waals surface area contributed by atoms with Crippen molar-refractivity contribution >= 4 is 23.2 Å². The molecule has 1 aliphatic carbocycles. The molecule has 23 heavy (non-hydrogen) atoms. The molecule has 7 nitrogen and oxygen atoms in total. The van der Waals surface area contributed by atoms with Crippen LogP contribution in [0, 0.1) is 17.0 Å². The van der Waals surface area contributed by atoms with Crippen LogP contribution in [0.5, 0.6) is 0 Å². The summed E-state index contributed by atoms with van der Waals surface area (Å²) in [6, 6.07) is 2.99. The normalized spacial score (nSPS) is 13.9. The fraction of sp³-hybridized carbons (Fsp3) is 0.375. The van der Waals surface area contributed by atoms with Crippen LogP contribution in [-0.4, -0.2) is 31.1 Å². The number of carbonyl (C=O) groups excluding carboxylic acids is 2. The van der Waals surface area contributed by atoms with Gasteiger partial charge in [-0.05, 0) is 43.9 Å². The van der Waals surface area contributed by atoms with Gasteiger partial charge in [-0.2, -0.15) is 0 Å². The van der Waals surface area contributed by atoms with E-state index in [1.165, 1.54) is 33.3 Å². The summed E-state index contributed by atoms with van der Waals surface area (Å²) in [5, 5.41) is 11.5. The number of methoxy groups -OCH3 is 2. The van der Waals surface area contributed by atoms with E-state index in [2.05, 4.69) is 4.74 Å². The van der Waals surface area contributed by atoms with E-state index in [4.69, 9.17) is 4.74 Å². The molecule has 122 valence electrons. The largest absolute Gasteiger partial charge is 0.466 e. The number of hydrogen-bond donors (Lipinski definition) is 0. The molecule has 0 unspecified atom stereocenters. The molecule has 0 fully saturated rings. The Morgan fingerprint density at radius 1 is 1.13 bits per heavy atom. The zero-order valence-electron chi connectivity index (χ0n) is 13.2. The van der Waals surface area contributed by atoms with Crippen LogP contribution in [0.4, 0.5) is 5.69 Å². The summed E-state index contributed by atoms with van der Waals surface area (Å²) in [7, 11) is 2.50. The van der Waals surface area contributed by atoms with Gasteiger partial charge in [-0.25, -0.2) is 9.59 Å². The molecule has 7 heteroatoms. The van der Waals surface area contributed by atoms with Crippen LogP contribution in [0.2, 0.25) is 0 Å². The predicted octanol–water partition coefficient (Wildman–Crippen LogP) is 2.80. The summed E-state index contributed by atoms with van der Waals surface area (Å²) in [5.74, 6) is -1.10. The lowest BCUT2D eigenvalue weighted by Crippen LogP contribution is -2.09. The third-order valence-corrected chi connectivity index (χ3v) is 3.99. The van der Waals surface area contributed by atoms with Gasteiger partial charge >= 0.3 is 11.9 Å². The topological polar surface area (TPSA) is 95.7 Å². The van der Waals surface area contributed by atoms with Gasteiger partial charge in [-0.1, -0.05) is 0 Å².